The quantitative estimate of drug-likeness (QED) is 0.331. The molecule has 0 amide bonds. The van der Waals surface area contributed by atoms with Crippen molar-refractivity contribution < 1.29 is 40.5 Å². The average molecular weight is 622 g/mol. The second kappa shape index (κ2) is 12.3. The molecule has 1 aliphatic heterocycles. The van der Waals surface area contributed by atoms with Crippen LogP contribution in [0.3, 0.4) is 0 Å². The molecule has 0 spiro atoms. The van der Waals surface area contributed by atoms with Crippen molar-refractivity contribution in [3.05, 3.63) is 35.5 Å². The van der Waals surface area contributed by atoms with E-state index >= 15 is 0 Å². The largest absolute Gasteiger partial charge is 0.574 e. The highest BCUT2D eigenvalue weighted by atomic mass is 35.5. The van der Waals surface area contributed by atoms with Crippen molar-refractivity contribution in [2.24, 2.45) is 0 Å². The molecule has 4 heterocycles. The van der Waals surface area contributed by atoms with Gasteiger partial charge in [0.25, 0.3) is 5.88 Å². The van der Waals surface area contributed by atoms with Crippen LogP contribution in [0.25, 0.3) is 11.4 Å². The summed E-state index contributed by atoms with van der Waals surface area (Å²) in [7, 11) is -4.26. The second-order valence-electron chi connectivity index (χ2n) is 9.10. The number of aromatic nitrogens is 6. The minimum Gasteiger partial charge on any atom is -0.485 e. The van der Waals surface area contributed by atoms with Gasteiger partial charge >= 0.3 is 6.36 Å². The van der Waals surface area contributed by atoms with Crippen molar-refractivity contribution in [1.29, 1.82) is 0 Å². The third-order valence-corrected chi connectivity index (χ3v) is 7.67. The standard InChI is InChI=1S/C23H27ClF3N7O6S/c1-5-37-10-15-11-38-18-16(6-7-28-21(18)40-23(25,26)27)20-31-32-22(34(15)20)33-41(35,36)13(4)17(39-12(2)3)19-29-8-14(24)9-30-19/h6-9,12-13,15,17H,5,10-11H2,1-4H3,(H,32,33)/t13-,15+,17+/m0/s1. The van der Waals surface area contributed by atoms with Gasteiger partial charge in [0, 0.05) is 25.2 Å². The molecule has 3 aromatic heterocycles. The highest BCUT2D eigenvalue weighted by Gasteiger charge is 2.39. The molecule has 3 aromatic rings. The van der Waals surface area contributed by atoms with Crippen molar-refractivity contribution in [3.63, 3.8) is 0 Å². The zero-order valence-corrected chi connectivity index (χ0v) is 23.9. The minimum atomic E-state index is -5.03. The van der Waals surface area contributed by atoms with Crippen LogP contribution in [0.2, 0.25) is 5.02 Å². The summed E-state index contributed by atoms with van der Waals surface area (Å²) in [5.74, 6) is -1.26. The Bertz CT molecular complexity index is 1460. The molecule has 0 bridgehead atoms. The van der Waals surface area contributed by atoms with E-state index in [1.54, 1.807) is 20.8 Å². The first-order valence-electron chi connectivity index (χ1n) is 12.4. The van der Waals surface area contributed by atoms with Crippen molar-refractivity contribution in [3.8, 4) is 23.0 Å². The molecular weight excluding hydrogens is 595 g/mol. The Morgan fingerprint density at radius 3 is 2.54 bits per heavy atom. The van der Waals surface area contributed by atoms with Crippen LogP contribution in [0, 0.1) is 0 Å². The summed E-state index contributed by atoms with van der Waals surface area (Å²) in [5.41, 5.74) is 0.0554. The number of nitrogens with one attached hydrogen (secondary N) is 1. The van der Waals surface area contributed by atoms with E-state index in [9.17, 15) is 21.6 Å². The number of rotatable bonds is 11. The summed E-state index contributed by atoms with van der Waals surface area (Å²) in [5, 5.41) is 7.11. The number of halogens is 4. The lowest BCUT2D eigenvalue weighted by Gasteiger charge is -2.26. The van der Waals surface area contributed by atoms with E-state index in [1.165, 1.54) is 30.0 Å². The third kappa shape index (κ3) is 7.14. The molecule has 0 radical (unpaired) electrons. The van der Waals surface area contributed by atoms with Crippen LogP contribution < -0.4 is 14.2 Å². The molecule has 0 unspecified atom stereocenters. The van der Waals surface area contributed by atoms with Crippen LogP contribution >= 0.6 is 11.6 Å². The second-order valence-corrected chi connectivity index (χ2v) is 11.6. The van der Waals surface area contributed by atoms with Crippen LogP contribution in [0.4, 0.5) is 19.1 Å². The van der Waals surface area contributed by atoms with E-state index in [0.717, 1.165) is 6.20 Å². The molecule has 13 nitrogen and oxygen atoms in total. The van der Waals surface area contributed by atoms with Gasteiger partial charge in [0.15, 0.2) is 17.4 Å². The summed E-state index contributed by atoms with van der Waals surface area (Å²) in [6.07, 6.45) is -2.77. The molecule has 3 atom stereocenters. The fourth-order valence-electron chi connectivity index (χ4n) is 3.97. The van der Waals surface area contributed by atoms with Gasteiger partial charge in [-0.1, -0.05) is 11.6 Å². The van der Waals surface area contributed by atoms with Crippen molar-refractivity contribution in [2.45, 2.75) is 57.6 Å². The van der Waals surface area contributed by atoms with Gasteiger partial charge < -0.3 is 18.9 Å². The molecule has 0 fully saturated rings. The molecule has 1 aliphatic rings. The predicted molar refractivity (Wildman–Crippen MR) is 139 cm³/mol. The summed E-state index contributed by atoms with van der Waals surface area (Å²) < 4.78 is 91.3. The monoisotopic (exact) mass is 621 g/mol. The number of hydrogen-bond donors (Lipinski definition) is 1. The number of hydrogen-bond acceptors (Lipinski definition) is 11. The van der Waals surface area contributed by atoms with Crippen molar-refractivity contribution in [1.82, 2.24) is 29.7 Å². The topological polar surface area (TPSA) is 152 Å². The Kier molecular flexibility index (Phi) is 9.20. The SMILES string of the molecule is CCOC[C@@H]1COc2c(ccnc2OC(F)(F)F)-c2nnc(NS(=O)(=O)[C@@H](C)[C@@H](OC(C)C)c3ncc(Cl)cn3)n21. The number of anilines is 1. The Labute approximate surface area is 238 Å². The first-order chi connectivity index (χ1) is 19.3. The lowest BCUT2D eigenvalue weighted by atomic mass is 10.2. The smallest absolute Gasteiger partial charge is 0.485 e. The lowest BCUT2D eigenvalue weighted by Crippen LogP contribution is -2.35. The molecule has 18 heteroatoms. The van der Waals surface area contributed by atoms with Crippen LogP contribution in [0.15, 0.2) is 24.7 Å². The van der Waals surface area contributed by atoms with E-state index in [1.807, 2.05) is 0 Å². The molecule has 0 saturated heterocycles. The van der Waals surface area contributed by atoms with Gasteiger partial charge in [-0.2, -0.15) is 0 Å². The fourth-order valence-corrected chi connectivity index (χ4v) is 5.16. The van der Waals surface area contributed by atoms with Gasteiger partial charge in [0.05, 0.1) is 29.3 Å². The molecule has 224 valence electrons. The average Bonchev–Trinajstić information content (AvgIpc) is 3.21. The first-order valence-corrected chi connectivity index (χ1v) is 14.3. The number of ether oxygens (including phenoxy) is 4. The number of fused-ring (bicyclic) bond motifs is 3. The number of sulfonamides is 1. The molecule has 4 rings (SSSR count). The summed E-state index contributed by atoms with van der Waals surface area (Å²) in [6.45, 7) is 6.69. The van der Waals surface area contributed by atoms with Crippen LogP contribution in [-0.2, 0) is 19.5 Å². The predicted octanol–water partition coefficient (Wildman–Crippen LogP) is 3.95. The van der Waals surface area contributed by atoms with Gasteiger partial charge in [-0.3, -0.25) is 9.29 Å². The Balaban J connectivity index is 1.74. The summed E-state index contributed by atoms with van der Waals surface area (Å²) in [4.78, 5) is 11.9. The molecular formula is C23H27ClF3N7O6S. The number of nitrogens with zero attached hydrogens (tertiary/aromatic N) is 6. The Morgan fingerprint density at radius 1 is 1.20 bits per heavy atom. The van der Waals surface area contributed by atoms with Gasteiger partial charge in [0.1, 0.15) is 18.0 Å². The van der Waals surface area contributed by atoms with Gasteiger partial charge in [-0.15, -0.1) is 23.4 Å². The molecule has 0 aliphatic carbocycles. The van der Waals surface area contributed by atoms with Crippen molar-refractivity contribution in [2.75, 3.05) is 24.5 Å². The van der Waals surface area contributed by atoms with E-state index in [0.29, 0.717) is 6.61 Å². The van der Waals surface area contributed by atoms with Crippen molar-refractivity contribution >= 4 is 27.6 Å². The highest BCUT2D eigenvalue weighted by Crippen LogP contribution is 2.42. The lowest BCUT2D eigenvalue weighted by molar-refractivity contribution is -0.276. The third-order valence-electron chi connectivity index (χ3n) is 5.78. The van der Waals surface area contributed by atoms with Crippen LogP contribution in [0.1, 0.15) is 45.7 Å². The van der Waals surface area contributed by atoms with Crippen LogP contribution in [-0.4, -0.2) is 75.7 Å². The van der Waals surface area contributed by atoms with E-state index in [-0.39, 0.29) is 53.3 Å². The van der Waals surface area contributed by atoms with Crippen LogP contribution in [0.5, 0.6) is 11.6 Å². The molecule has 0 aromatic carbocycles. The van der Waals surface area contributed by atoms with Gasteiger partial charge in [-0.05, 0) is 33.8 Å². The normalized spacial score (nSPS) is 16.8. The maximum atomic E-state index is 13.6. The van der Waals surface area contributed by atoms with Gasteiger partial charge in [-0.25, -0.2) is 23.4 Å². The van der Waals surface area contributed by atoms with E-state index in [2.05, 4.69) is 34.6 Å². The fraction of sp³-hybridized carbons (Fsp3) is 0.522. The minimum absolute atomic E-state index is 0.000397. The summed E-state index contributed by atoms with van der Waals surface area (Å²) >= 11 is 5.89. The molecule has 0 saturated carbocycles. The van der Waals surface area contributed by atoms with E-state index in [4.69, 9.17) is 25.8 Å². The molecule has 41 heavy (non-hydrogen) atoms. The zero-order valence-electron chi connectivity index (χ0n) is 22.3. The molecule has 1 N–H and O–H groups in total. The highest BCUT2D eigenvalue weighted by molar-refractivity contribution is 7.93. The number of pyridine rings is 1. The first kappa shape index (κ1) is 30.7. The zero-order chi connectivity index (χ0) is 29.9. The van der Waals surface area contributed by atoms with E-state index < -0.39 is 39.7 Å². The maximum Gasteiger partial charge on any atom is 0.574 e. The maximum absolute atomic E-state index is 13.6. The summed E-state index contributed by atoms with van der Waals surface area (Å²) in [6, 6.07) is 0.606. The van der Waals surface area contributed by atoms with Gasteiger partial charge in [0.2, 0.25) is 16.0 Å². The number of alkyl halides is 3. The Morgan fingerprint density at radius 2 is 1.90 bits per heavy atom. The Hall–Kier alpha value is -3.28.